The van der Waals surface area contributed by atoms with Crippen molar-refractivity contribution in [2.24, 2.45) is 0 Å². The highest BCUT2D eigenvalue weighted by Gasteiger charge is 2.12. The number of aromatic nitrogens is 2. The van der Waals surface area contributed by atoms with Gasteiger partial charge in [-0.2, -0.15) is 0 Å². The molecule has 21 heavy (non-hydrogen) atoms. The highest BCUT2D eigenvalue weighted by molar-refractivity contribution is 5.94. The van der Waals surface area contributed by atoms with Crippen LogP contribution in [0, 0.1) is 6.92 Å². The van der Waals surface area contributed by atoms with Crippen LogP contribution in [0.5, 0.6) is 0 Å². The van der Waals surface area contributed by atoms with Crippen LogP contribution in [0.15, 0.2) is 54.9 Å². The molecular formula is C17H17N3O. The number of amides is 1. The van der Waals surface area contributed by atoms with Gasteiger partial charge in [0.1, 0.15) is 5.65 Å². The third-order valence-corrected chi connectivity index (χ3v) is 3.48. The van der Waals surface area contributed by atoms with E-state index in [1.807, 2.05) is 67.0 Å². The van der Waals surface area contributed by atoms with Crippen molar-refractivity contribution in [1.29, 1.82) is 0 Å². The molecule has 0 aliphatic rings. The number of benzene rings is 1. The molecule has 1 atom stereocenters. The summed E-state index contributed by atoms with van der Waals surface area (Å²) in [5.74, 6) is -0.0837. The minimum Gasteiger partial charge on any atom is -0.345 e. The van der Waals surface area contributed by atoms with Crippen LogP contribution in [-0.4, -0.2) is 15.3 Å². The summed E-state index contributed by atoms with van der Waals surface area (Å²) in [5, 5.41) is 3.01. The molecule has 1 N–H and O–H groups in total. The molecule has 0 fully saturated rings. The first-order chi connectivity index (χ1) is 10.1. The fourth-order valence-corrected chi connectivity index (χ4v) is 2.36. The van der Waals surface area contributed by atoms with Gasteiger partial charge in [-0.25, -0.2) is 4.98 Å². The maximum atomic E-state index is 12.3. The number of hydrogen-bond donors (Lipinski definition) is 1. The van der Waals surface area contributed by atoms with Gasteiger partial charge < -0.3 is 9.72 Å². The lowest BCUT2D eigenvalue weighted by Gasteiger charge is -2.14. The summed E-state index contributed by atoms with van der Waals surface area (Å²) in [7, 11) is 0. The molecule has 2 heterocycles. The van der Waals surface area contributed by atoms with Crippen LogP contribution in [0.25, 0.3) is 5.65 Å². The second-order valence-electron chi connectivity index (χ2n) is 5.17. The standard InChI is InChI=1S/C17H17N3O/c1-12-10-20-11-15(8-9-16(20)18-12)17(21)19-13(2)14-6-4-3-5-7-14/h3-11,13H,1-2H3,(H,19,21). The van der Waals surface area contributed by atoms with Crippen molar-refractivity contribution in [3.8, 4) is 0 Å². The fourth-order valence-electron chi connectivity index (χ4n) is 2.36. The van der Waals surface area contributed by atoms with Gasteiger partial charge >= 0.3 is 0 Å². The Balaban J connectivity index is 1.80. The molecule has 3 aromatic rings. The van der Waals surface area contributed by atoms with Gasteiger partial charge in [0.2, 0.25) is 0 Å². The molecule has 0 bridgehead atoms. The average Bonchev–Trinajstić information content (AvgIpc) is 2.87. The normalized spacial score (nSPS) is 12.3. The van der Waals surface area contributed by atoms with Gasteiger partial charge in [0, 0.05) is 12.4 Å². The fraction of sp³-hybridized carbons (Fsp3) is 0.176. The lowest BCUT2D eigenvalue weighted by atomic mass is 10.1. The van der Waals surface area contributed by atoms with Crippen molar-refractivity contribution in [1.82, 2.24) is 14.7 Å². The van der Waals surface area contributed by atoms with Gasteiger partial charge in [-0.3, -0.25) is 4.79 Å². The predicted octanol–water partition coefficient (Wildman–Crippen LogP) is 3.13. The zero-order valence-corrected chi connectivity index (χ0v) is 12.1. The van der Waals surface area contributed by atoms with Gasteiger partial charge in [0.25, 0.3) is 5.91 Å². The van der Waals surface area contributed by atoms with E-state index < -0.39 is 0 Å². The maximum absolute atomic E-state index is 12.3. The molecule has 1 aromatic carbocycles. The van der Waals surface area contributed by atoms with Gasteiger partial charge in [-0.1, -0.05) is 30.3 Å². The summed E-state index contributed by atoms with van der Waals surface area (Å²) in [6, 6.07) is 13.5. The highest BCUT2D eigenvalue weighted by atomic mass is 16.1. The molecule has 0 spiro atoms. The summed E-state index contributed by atoms with van der Waals surface area (Å²) in [5.41, 5.74) is 3.50. The number of imidazole rings is 1. The summed E-state index contributed by atoms with van der Waals surface area (Å²) in [6.07, 6.45) is 3.72. The minimum atomic E-state index is -0.0837. The Bertz CT molecular complexity index is 777. The van der Waals surface area contributed by atoms with Crippen LogP contribution in [0.2, 0.25) is 0 Å². The number of aryl methyl sites for hydroxylation is 1. The molecule has 1 unspecified atom stereocenters. The average molecular weight is 279 g/mol. The highest BCUT2D eigenvalue weighted by Crippen LogP contribution is 2.13. The lowest BCUT2D eigenvalue weighted by molar-refractivity contribution is 0.0939. The molecule has 1 amide bonds. The van der Waals surface area contributed by atoms with Gasteiger partial charge in [0.05, 0.1) is 17.3 Å². The van der Waals surface area contributed by atoms with Crippen molar-refractivity contribution in [2.75, 3.05) is 0 Å². The third-order valence-electron chi connectivity index (χ3n) is 3.48. The molecule has 4 heteroatoms. The number of hydrogen-bond acceptors (Lipinski definition) is 2. The van der Waals surface area contributed by atoms with E-state index in [0.29, 0.717) is 5.56 Å². The monoisotopic (exact) mass is 279 g/mol. The second kappa shape index (κ2) is 5.40. The molecule has 0 aliphatic heterocycles. The topological polar surface area (TPSA) is 46.4 Å². The van der Waals surface area contributed by atoms with E-state index in [2.05, 4.69) is 10.3 Å². The molecule has 2 aromatic heterocycles. The SMILES string of the molecule is Cc1cn2cc(C(=O)NC(C)c3ccccc3)ccc2n1. The Morgan fingerprint density at radius 1 is 1.14 bits per heavy atom. The largest absolute Gasteiger partial charge is 0.345 e. The van der Waals surface area contributed by atoms with Crippen LogP contribution in [-0.2, 0) is 0 Å². The van der Waals surface area contributed by atoms with E-state index in [-0.39, 0.29) is 11.9 Å². The maximum Gasteiger partial charge on any atom is 0.253 e. The van der Waals surface area contributed by atoms with Crippen LogP contribution < -0.4 is 5.32 Å². The Morgan fingerprint density at radius 2 is 1.90 bits per heavy atom. The van der Waals surface area contributed by atoms with E-state index >= 15 is 0 Å². The van der Waals surface area contributed by atoms with Gasteiger partial charge in [-0.15, -0.1) is 0 Å². The van der Waals surface area contributed by atoms with Gasteiger partial charge in [0.15, 0.2) is 0 Å². The van der Waals surface area contributed by atoms with Crippen LogP contribution >= 0.6 is 0 Å². The van der Waals surface area contributed by atoms with Crippen LogP contribution in [0.1, 0.15) is 34.6 Å². The van der Waals surface area contributed by atoms with Crippen molar-refractivity contribution < 1.29 is 4.79 Å². The molecule has 4 nitrogen and oxygen atoms in total. The first-order valence-electron chi connectivity index (χ1n) is 6.94. The summed E-state index contributed by atoms with van der Waals surface area (Å²) < 4.78 is 1.87. The zero-order chi connectivity index (χ0) is 14.8. The number of rotatable bonds is 3. The van der Waals surface area contributed by atoms with E-state index in [1.165, 1.54) is 0 Å². The summed E-state index contributed by atoms with van der Waals surface area (Å²) in [6.45, 7) is 3.91. The third kappa shape index (κ3) is 2.79. The van der Waals surface area contributed by atoms with E-state index in [4.69, 9.17) is 0 Å². The number of pyridine rings is 1. The number of carbonyl (C=O) groups excluding carboxylic acids is 1. The smallest absolute Gasteiger partial charge is 0.253 e. The van der Waals surface area contributed by atoms with Crippen molar-refractivity contribution in [2.45, 2.75) is 19.9 Å². The lowest BCUT2D eigenvalue weighted by Crippen LogP contribution is -2.26. The minimum absolute atomic E-state index is 0.0288. The van der Waals surface area contributed by atoms with Crippen molar-refractivity contribution in [3.05, 3.63) is 71.7 Å². The van der Waals surface area contributed by atoms with Crippen molar-refractivity contribution >= 4 is 11.6 Å². The first-order valence-corrected chi connectivity index (χ1v) is 6.94. The van der Waals surface area contributed by atoms with Crippen LogP contribution in [0.3, 0.4) is 0 Å². The number of fused-ring (bicyclic) bond motifs is 1. The predicted molar refractivity (Wildman–Crippen MR) is 82.3 cm³/mol. The molecule has 0 radical (unpaired) electrons. The molecular weight excluding hydrogens is 262 g/mol. The van der Waals surface area contributed by atoms with E-state index in [0.717, 1.165) is 16.9 Å². The van der Waals surface area contributed by atoms with Crippen LogP contribution in [0.4, 0.5) is 0 Å². The zero-order valence-electron chi connectivity index (χ0n) is 12.1. The second-order valence-corrected chi connectivity index (χ2v) is 5.17. The van der Waals surface area contributed by atoms with Gasteiger partial charge in [-0.05, 0) is 31.5 Å². The number of carbonyl (C=O) groups is 1. The molecule has 3 rings (SSSR count). The first kappa shape index (κ1) is 13.4. The molecule has 0 aliphatic carbocycles. The Morgan fingerprint density at radius 3 is 2.67 bits per heavy atom. The molecule has 0 saturated heterocycles. The Hall–Kier alpha value is -2.62. The number of nitrogens with zero attached hydrogens (tertiary/aromatic N) is 2. The van der Waals surface area contributed by atoms with Crippen molar-refractivity contribution in [3.63, 3.8) is 0 Å². The summed E-state index contributed by atoms with van der Waals surface area (Å²) in [4.78, 5) is 16.7. The van der Waals surface area contributed by atoms with E-state index in [1.54, 1.807) is 6.07 Å². The Labute approximate surface area is 123 Å². The summed E-state index contributed by atoms with van der Waals surface area (Å²) >= 11 is 0. The van der Waals surface area contributed by atoms with E-state index in [9.17, 15) is 4.79 Å². The molecule has 106 valence electrons. The number of nitrogens with one attached hydrogen (secondary N) is 1. The Kier molecular flexibility index (Phi) is 3.44. The molecule has 0 saturated carbocycles. The quantitative estimate of drug-likeness (QED) is 0.800.